The monoisotopic (exact) mass is 656 g/mol. The molecule has 6 aromatic carbocycles. The average molecular weight is 657 g/mol. The Labute approximate surface area is 300 Å². The molecule has 0 saturated heterocycles. The van der Waals surface area contributed by atoms with E-state index in [0.29, 0.717) is 5.92 Å². The van der Waals surface area contributed by atoms with Crippen LogP contribution in [0.2, 0.25) is 0 Å². The molecular weight excluding hydrogens is 617 g/mol. The zero-order chi connectivity index (χ0) is 34.6. The summed E-state index contributed by atoms with van der Waals surface area (Å²) in [6, 6.07) is 47.1. The zero-order valence-electron chi connectivity index (χ0n) is 29.2. The van der Waals surface area contributed by atoms with Crippen LogP contribution in [0.1, 0.15) is 48.4 Å². The fraction of sp³-hybridized carbons (Fsp3) is 0.102. The zero-order valence-corrected chi connectivity index (χ0v) is 29.2. The van der Waals surface area contributed by atoms with Gasteiger partial charge in [-0.15, -0.1) is 6.58 Å². The molecule has 0 radical (unpaired) electrons. The van der Waals surface area contributed by atoms with Gasteiger partial charge in [-0.3, -0.25) is 0 Å². The first kappa shape index (κ1) is 30.9. The molecule has 0 amide bonds. The number of rotatable bonds is 5. The summed E-state index contributed by atoms with van der Waals surface area (Å²) < 4.78 is 2.44. The highest BCUT2D eigenvalue weighted by atomic mass is 15.2. The maximum atomic E-state index is 4.71. The lowest BCUT2D eigenvalue weighted by Gasteiger charge is -2.29. The van der Waals surface area contributed by atoms with E-state index in [1.807, 2.05) is 6.08 Å². The number of anilines is 2. The van der Waals surface area contributed by atoms with E-state index in [9.17, 15) is 0 Å². The van der Waals surface area contributed by atoms with Crippen LogP contribution >= 0.6 is 0 Å². The number of aromatic nitrogens is 1. The number of hydrogen-bond donors (Lipinski definition) is 0. The third kappa shape index (κ3) is 4.78. The van der Waals surface area contributed by atoms with Crippen LogP contribution in [0, 0.1) is 0 Å². The normalized spacial score (nSPS) is 16.8. The summed E-state index contributed by atoms with van der Waals surface area (Å²) in [5.74, 6) is 0.353. The molecule has 7 aromatic rings. The van der Waals surface area contributed by atoms with Gasteiger partial charge in [-0.05, 0) is 99.5 Å². The molecule has 2 heteroatoms. The molecule has 0 spiro atoms. The Balaban J connectivity index is 0.000000830. The highest BCUT2D eigenvalue weighted by Crippen LogP contribution is 2.49. The average Bonchev–Trinajstić information content (AvgIpc) is 3.80. The van der Waals surface area contributed by atoms with Gasteiger partial charge in [-0.25, -0.2) is 0 Å². The number of allylic oxidation sites excluding steroid dienone is 6. The minimum absolute atomic E-state index is 0.260. The molecule has 0 N–H and O–H groups in total. The van der Waals surface area contributed by atoms with E-state index in [4.69, 9.17) is 6.58 Å². The molecule has 2 nitrogen and oxygen atoms in total. The second-order valence-corrected chi connectivity index (χ2v) is 13.7. The van der Waals surface area contributed by atoms with E-state index in [1.165, 1.54) is 71.8 Å². The van der Waals surface area contributed by atoms with Crippen LogP contribution in [0.5, 0.6) is 0 Å². The van der Waals surface area contributed by atoms with Crippen molar-refractivity contribution >= 4 is 60.7 Å². The summed E-state index contributed by atoms with van der Waals surface area (Å²) in [7, 11) is 0. The largest absolute Gasteiger partial charge is 0.333 e. The molecule has 10 rings (SSSR count). The van der Waals surface area contributed by atoms with Gasteiger partial charge < -0.3 is 9.47 Å². The van der Waals surface area contributed by atoms with Crippen molar-refractivity contribution < 1.29 is 0 Å². The third-order valence-electron chi connectivity index (χ3n) is 10.9. The van der Waals surface area contributed by atoms with Gasteiger partial charge in [-0.1, -0.05) is 135 Å². The Hall–Kier alpha value is -6.12. The lowest BCUT2D eigenvalue weighted by Crippen LogP contribution is -2.28. The second kappa shape index (κ2) is 12.3. The Kier molecular flexibility index (Phi) is 7.47. The molecule has 0 saturated carbocycles. The van der Waals surface area contributed by atoms with Gasteiger partial charge in [0.15, 0.2) is 0 Å². The van der Waals surface area contributed by atoms with Gasteiger partial charge in [0.25, 0.3) is 0 Å². The maximum Gasteiger partial charge on any atom is 0.0629 e. The van der Waals surface area contributed by atoms with Gasteiger partial charge >= 0.3 is 0 Å². The number of fused-ring (bicyclic) bond motifs is 6. The minimum Gasteiger partial charge on any atom is -0.333 e. The van der Waals surface area contributed by atoms with Crippen molar-refractivity contribution in [2.45, 2.75) is 32.2 Å². The third-order valence-corrected chi connectivity index (χ3v) is 10.9. The summed E-state index contributed by atoms with van der Waals surface area (Å²) in [6.07, 6.45) is 12.0. The van der Waals surface area contributed by atoms with Crippen LogP contribution in [-0.4, -0.2) is 10.6 Å². The highest BCUT2D eigenvalue weighted by molar-refractivity contribution is 6.25. The van der Waals surface area contributed by atoms with E-state index in [-0.39, 0.29) is 6.04 Å². The summed E-state index contributed by atoms with van der Waals surface area (Å²) in [6.45, 7) is 12.5. The van der Waals surface area contributed by atoms with E-state index in [0.717, 1.165) is 23.2 Å². The molecule has 246 valence electrons. The van der Waals surface area contributed by atoms with Crippen LogP contribution in [0.3, 0.4) is 0 Å². The van der Waals surface area contributed by atoms with Crippen LogP contribution in [0.4, 0.5) is 11.4 Å². The molecule has 2 atom stereocenters. The lowest BCUT2D eigenvalue weighted by atomic mass is 9.91. The van der Waals surface area contributed by atoms with Gasteiger partial charge in [0, 0.05) is 33.8 Å². The van der Waals surface area contributed by atoms with Crippen molar-refractivity contribution in [2.24, 2.45) is 0 Å². The summed E-state index contributed by atoms with van der Waals surface area (Å²) in [5.41, 5.74) is 14.8. The Bertz CT molecular complexity index is 2640. The molecule has 2 aliphatic carbocycles. The summed E-state index contributed by atoms with van der Waals surface area (Å²) in [4.78, 5) is 2.52. The first-order valence-electron chi connectivity index (χ1n) is 18.0. The molecule has 2 heterocycles. The van der Waals surface area contributed by atoms with E-state index < -0.39 is 0 Å². The van der Waals surface area contributed by atoms with Crippen molar-refractivity contribution in [2.75, 3.05) is 4.90 Å². The number of benzene rings is 6. The van der Waals surface area contributed by atoms with Gasteiger partial charge in [0.2, 0.25) is 0 Å². The Morgan fingerprint density at radius 1 is 0.706 bits per heavy atom. The Morgan fingerprint density at radius 3 is 2.27 bits per heavy atom. The first-order valence-corrected chi connectivity index (χ1v) is 18.0. The summed E-state index contributed by atoms with van der Waals surface area (Å²) >= 11 is 0. The molecule has 0 bridgehead atoms. The number of nitrogens with zero attached hydrogens (tertiary/aromatic N) is 2. The quantitative estimate of drug-likeness (QED) is 0.167. The fourth-order valence-corrected chi connectivity index (χ4v) is 8.54. The van der Waals surface area contributed by atoms with Crippen LogP contribution in [0.25, 0.3) is 55.0 Å². The number of para-hydroxylation sites is 2. The highest BCUT2D eigenvalue weighted by Gasteiger charge is 2.37. The fourth-order valence-electron chi connectivity index (χ4n) is 8.54. The van der Waals surface area contributed by atoms with Crippen molar-refractivity contribution in [1.29, 1.82) is 0 Å². The Morgan fingerprint density at radius 2 is 1.43 bits per heavy atom. The SMILES string of the molecule is C=C(C1=C(C)c2cccc3cccc1c23)c1cccc(-n2c3ccccc3c3ccc(N4c5ccccc5C5C=CC=CC54)cc32)c1.C=CCC. The predicted molar refractivity (Wildman–Crippen MR) is 220 cm³/mol. The molecular formula is C49H40N2. The maximum absolute atomic E-state index is 4.71. The van der Waals surface area contributed by atoms with E-state index >= 15 is 0 Å². The van der Waals surface area contributed by atoms with Crippen molar-refractivity contribution in [3.05, 3.63) is 193 Å². The van der Waals surface area contributed by atoms with Gasteiger partial charge in [-0.2, -0.15) is 0 Å². The molecule has 2 unspecified atom stereocenters. The molecule has 3 aliphatic rings. The number of hydrogen-bond acceptors (Lipinski definition) is 1. The molecule has 1 aromatic heterocycles. The van der Waals surface area contributed by atoms with E-state index in [2.05, 4.69) is 182 Å². The standard InChI is InChI=1S/C45H32N2.C4H8/c1-28(44-29(2)34-19-10-12-30-13-11-20-39(44)45(30)34)31-14-9-15-32(26-31)47-42-23-8-5-18-37(42)38-25-24-33(27-43(38)47)46-40-21-6-3-16-35(40)36-17-4-7-22-41(36)46;1-3-4-2/h3-27,35,40H,1H2,2H3;3H,1,4H2,2H3. The van der Waals surface area contributed by atoms with Gasteiger partial charge in [0.05, 0.1) is 17.1 Å². The van der Waals surface area contributed by atoms with Crippen LogP contribution < -0.4 is 4.90 Å². The molecule has 0 fully saturated rings. The lowest BCUT2D eigenvalue weighted by molar-refractivity contribution is 0.745. The second-order valence-electron chi connectivity index (χ2n) is 13.7. The molecule has 1 aliphatic heterocycles. The van der Waals surface area contributed by atoms with Crippen molar-refractivity contribution in [3.63, 3.8) is 0 Å². The van der Waals surface area contributed by atoms with Crippen molar-refractivity contribution in [3.8, 4) is 5.69 Å². The first-order chi connectivity index (χ1) is 25.1. The van der Waals surface area contributed by atoms with E-state index in [1.54, 1.807) is 0 Å². The van der Waals surface area contributed by atoms with Crippen LogP contribution in [0.15, 0.2) is 171 Å². The van der Waals surface area contributed by atoms with Gasteiger partial charge in [0.1, 0.15) is 0 Å². The molecule has 51 heavy (non-hydrogen) atoms. The van der Waals surface area contributed by atoms with Crippen molar-refractivity contribution in [1.82, 2.24) is 4.57 Å². The summed E-state index contributed by atoms with van der Waals surface area (Å²) in [5, 5.41) is 5.13. The topological polar surface area (TPSA) is 8.17 Å². The smallest absolute Gasteiger partial charge is 0.0629 e. The minimum atomic E-state index is 0.260. The predicted octanol–water partition coefficient (Wildman–Crippen LogP) is 13.2. The van der Waals surface area contributed by atoms with Crippen LogP contribution in [-0.2, 0) is 0 Å².